The Kier molecular flexibility index (Phi) is 4.74. The fourth-order valence-electron chi connectivity index (χ4n) is 2.68. The van der Waals surface area contributed by atoms with Gasteiger partial charge in [0.1, 0.15) is 22.9 Å². The van der Waals surface area contributed by atoms with Crippen LogP contribution >= 0.6 is 0 Å². The molecule has 2 aromatic heterocycles. The predicted molar refractivity (Wildman–Crippen MR) is 90.4 cm³/mol. The number of fused-ring (bicyclic) bond motifs is 1. The lowest BCUT2D eigenvalue weighted by Gasteiger charge is -2.05. The van der Waals surface area contributed by atoms with Gasteiger partial charge in [-0.1, -0.05) is 0 Å². The first-order chi connectivity index (χ1) is 11.7. The molecule has 0 saturated heterocycles. The molecule has 0 fully saturated rings. The van der Waals surface area contributed by atoms with Crippen molar-refractivity contribution >= 4 is 17.0 Å². The Balaban J connectivity index is 1.92. The van der Waals surface area contributed by atoms with Gasteiger partial charge in [0, 0.05) is 24.5 Å². The minimum Gasteiger partial charge on any atom is -0.497 e. The van der Waals surface area contributed by atoms with Crippen molar-refractivity contribution in [3.05, 3.63) is 53.7 Å². The largest absolute Gasteiger partial charge is 0.497 e. The molecule has 6 heteroatoms. The van der Waals surface area contributed by atoms with E-state index in [0.717, 1.165) is 33.8 Å². The minimum atomic E-state index is -0.201. The average molecular weight is 328 g/mol. The van der Waals surface area contributed by atoms with E-state index >= 15 is 0 Å². The van der Waals surface area contributed by atoms with Crippen molar-refractivity contribution in [2.24, 2.45) is 0 Å². The van der Waals surface area contributed by atoms with E-state index in [0.29, 0.717) is 19.4 Å². The normalized spacial score (nSPS) is 10.8. The number of hydrogen-bond acceptors (Lipinski definition) is 4. The van der Waals surface area contributed by atoms with Crippen molar-refractivity contribution in [3.63, 3.8) is 0 Å². The number of amides is 2. The zero-order valence-corrected chi connectivity index (χ0v) is 13.7. The standard InChI is InChI=1S/C18H20N2O4/c1-19-18(21)20-8-7-14-15-10-12(22-2)5-6-16(15)24-17(14)11-13-4-3-9-23-13/h3-6,9-10H,7-8,11H2,1-2H3,(H2,19,20,21). The van der Waals surface area contributed by atoms with Crippen LogP contribution in [0.3, 0.4) is 0 Å². The molecule has 3 aromatic rings. The smallest absolute Gasteiger partial charge is 0.314 e. The quantitative estimate of drug-likeness (QED) is 0.729. The lowest BCUT2D eigenvalue weighted by molar-refractivity contribution is 0.243. The third-order valence-electron chi connectivity index (χ3n) is 3.88. The Morgan fingerprint density at radius 3 is 2.88 bits per heavy atom. The van der Waals surface area contributed by atoms with Gasteiger partial charge in [-0.2, -0.15) is 0 Å². The van der Waals surface area contributed by atoms with Gasteiger partial charge in [-0.25, -0.2) is 4.79 Å². The second-order valence-corrected chi connectivity index (χ2v) is 5.38. The fourth-order valence-corrected chi connectivity index (χ4v) is 2.68. The molecule has 0 radical (unpaired) electrons. The molecule has 0 aliphatic rings. The zero-order valence-electron chi connectivity index (χ0n) is 13.7. The first kappa shape index (κ1) is 16.0. The Bertz CT molecular complexity index is 821. The summed E-state index contributed by atoms with van der Waals surface area (Å²) < 4.78 is 16.8. The number of furan rings is 2. The highest BCUT2D eigenvalue weighted by Crippen LogP contribution is 2.31. The van der Waals surface area contributed by atoms with Gasteiger partial charge >= 0.3 is 6.03 Å². The summed E-state index contributed by atoms with van der Waals surface area (Å²) >= 11 is 0. The summed E-state index contributed by atoms with van der Waals surface area (Å²) in [6.07, 6.45) is 2.87. The molecule has 0 saturated carbocycles. The molecule has 1 aromatic carbocycles. The summed E-state index contributed by atoms with van der Waals surface area (Å²) in [5.74, 6) is 2.45. The monoisotopic (exact) mass is 328 g/mol. The molecule has 6 nitrogen and oxygen atoms in total. The van der Waals surface area contributed by atoms with E-state index in [1.54, 1.807) is 20.4 Å². The molecular formula is C18H20N2O4. The van der Waals surface area contributed by atoms with E-state index in [4.69, 9.17) is 13.6 Å². The van der Waals surface area contributed by atoms with E-state index in [9.17, 15) is 4.79 Å². The predicted octanol–water partition coefficient (Wildman–Crippen LogP) is 3.10. The molecule has 2 heterocycles. The summed E-state index contributed by atoms with van der Waals surface area (Å²) in [5.41, 5.74) is 1.85. The Morgan fingerprint density at radius 1 is 1.29 bits per heavy atom. The second-order valence-electron chi connectivity index (χ2n) is 5.38. The molecule has 0 bridgehead atoms. The van der Waals surface area contributed by atoms with E-state index in [1.165, 1.54) is 0 Å². The molecule has 0 spiro atoms. The number of benzene rings is 1. The highest BCUT2D eigenvalue weighted by Gasteiger charge is 2.16. The number of ether oxygens (including phenoxy) is 1. The summed E-state index contributed by atoms with van der Waals surface area (Å²) in [4.78, 5) is 11.4. The number of carbonyl (C=O) groups excluding carboxylic acids is 1. The number of urea groups is 1. The van der Waals surface area contributed by atoms with Crippen LogP contribution in [0, 0.1) is 0 Å². The third kappa shape index (κ3) is 3.37. The molecule has 24 heavy (non-hydrogen) atoms. The lowest BCUT2D eigenvalue weighted by atomic mass is 10.0. The van der Waals surface area contributed by atoms with Gasteiger partial charge in [0.25, 0.3) is 0 Å². The first-order valence-electron chi connectivity index (χ1n) is 7.77. The van der Waals surface area contributed by atoms with Crippen LogP contribution in [0.25, 0.3) is 11.0 Å². The third-order valence-corrected chi connectivity index (χ3v) is 3.88. The van der Waals surface area contributed by atoms with E-state index in [1.807, 2.05) is 30.3 Å². The zero-order chi connectivity index (χ0) is 16.9. The molecule has 0 unspecified atom stereocenters. The van der Waals surface area contributed by atoms with Crippen LogP contribution in [0.5, 0.6) is 5.75 Å². The highest BCUT2D eigenvalue weighted by molar-refractivity contribution is 5.84. The summed E-state index contributed by atoms with van der Waals surface area (Å²) in [7, 11) is 3.23. The molecule has 0 atom stereocenters. The van der Waals surface area contributed by atoms with Crippen molar-refractivity contribution in [3.8, 4) is 5.75 Å². The Morgan fingerprint density at radius 2 is 2.17 bits per heavy atom. The van der Waals surface area contributed by atoms with Crippen molar-refractivity contribution in [2.75, 3.05) is 20.7 Å². The molecule has 0 aliphatic carbocycles. The molecule has 2 N–H and O–H groups in total. The number of hydrogen-bond donors (Lipinski definition) is 2. The van der Waals surface area contributed by atoms with Crippen LogP contribution in [0.15, 0.2) is 45.4 Å². The SMILES string of the molecule is CNC(=O)NCCc1c(Cc2ccco2)oc2ccc(OC)cc12. The molecule has 0 aliphatic heterocycles. The van der Waals surface area contributed by atoms with Gasteiger partial charge in [-0.05, 0) is 36.8 Å². The summed E-state index contributed by atoms with van der Waals surface area (Å²) in [6, 6.07) is 9.30. The van der Waals surface area contributed by atoms with Crippen LogP contribution in [-0.2, 0) is 12.8 Å². The van der Waals surface area contributed by atoms with Crippen LogP contribution < -0.4 is 15.4 Å². The maximum Gasteiger partial charge on any atom is 0.314 e. The maximum absolute atomic E-state index is 11.4. The number of methoxy groups -OCH3 is 1. The molecule has 126 valence electrons. The topological polar surface area (TPSA) is 76.6 Å². The summed E-state index contributed by atoms with van der Waals surface area (Å²) in [5, 5.41) is 6.34. The van der Waals surface area contributed by atoms with Crippen LogP contribution in [0.4, 0.5) is 4.79 Å². The summed E-state index contributed by atoms with van der Waals surface area (Å²) in [6.45, 7) is 0.511. The van der Waals surface area contributed by atoms with E-state index < -0.39 is 0 Å². The lowest BCUT2D eigenvalue weighted by Crippen LogP contribution is -2.34. The van der Waals surface area contributed by atoms with Crippen molar-refractivity contribution < 1.29 is 18.4 Å². The van der Waals surface area contributed by atoms with Crippen molar-refractivity contribution in [1.82, 2.24) is 10.6 Å². The van der Waals surface area contributed by atoms with Gasteiger partial charge in [0.15, 0.2) is 0 Å². The fraction of sp³-hybridized carbons (Fsp3) is 0.278. The second kappa shape index (κ2) is 7.12. The van der Waals surface area contributed by atoms with Crippen LogP contribution in [-0.4, -0.2) is 26.7 Å². The minimum absolute atomic E-state index is 0.201. The Labute approximate surface area is 139 Å². The number of rotatable bonds is 6. The van der Waals surface area contributed by atoms with Crippen molar-refractivity contribution in [2.45, 2.75) is 12.8 Å². The number of nitrogens with one attached hydrogen (secondary N) is 2. The average Bonchev–Trinajstić information content (AvgIpc) is 3.22. The van der Waals surface area contributed by atoms with Crippen LogP contribution in [0.1, 0.15) is 17.1 Å². The van der Waals surface area contributed by atoms with Gasteiger partial charge in [0.05, 0.1) is 19.8 Å². The molecule has 3 rings (SSSR count). The van der Waals surface area contributed by atoms with Gasteiger partial charge in [0.2, 0.25) is 0 Å². The number of carbonyl (C=O) groups is 1. The Hall–Kier alpha value is -2.89. The van der Waals surface area contributed by atoms with Gasteiger partial charge in [-0.3, -0.25) is 0 Å². The van der Waals surface area contributed by atoms with Gasteiger partial charge in [-0.15, -0.1) is 0 Å². The first-order valence-corrected chi connectivity index (χ1v) is 7.77. The van der Waals surface area contributed by atoms with Crippen molar-refractivity contribution in [1.29, 1.82) is 0 Å². The molecule has 2 amide bonds. The van der Waals surface area contributed by atoms with Gasteiger partial charge < -0.3 is 24.2 Å². The van der Waals surface area contributed by atoms with Crippen LogP contribution in [0.2, 0.25) is 0 Å². The van der Waals surface area contributed by atoms with E-state index in [2.05, 4.69) is 10.6 Å². The highest BCUT2D eigenvalue weighted by atomic mass is 16.5. The van der Waals surface area contributed by atoms with E-state index in [-0.39, 0.29) is 6.03 Å². The maximum atomic E-state index is 11.4. The molecular weight excluding hydrogens is 308 g/mol.